The van der Waals surface area contributed by atoms with Crippen LogP contribution in [0, 0.1) is 23.7 Å². The molecule has 0 N–H and O–H groups in total. The van der Waals surface area contributed by atoms with Crippen LogP contribution in [0.15, 0.2) is 212 Å². The Morgan fingerprint density at radius 1 is 0.319 bits per heavy atom. The van der Waals surface area contributed by atoms with E-state index >= 15 is 0 Å². The Morgan fingerprint density at radius 2 is 0.725 bits per heavy atom. The molecule has 0 heterocycles. The smallest absolute Gasteiger partial charge is 0.0720 e. The van der Waals surface area contributed by atoms with E-state index in [4.69, 9.17) is 0 Å². The minimum atomic E-state index is -0.481. The van der Waals surface area contributed by atoms with Crippen LogP contribution in [-0.2, 0) is 16.2 Å². The number of nitrogens with zero attached hydrogens (tertiary/aromatic N) is 1. The van der Waals surface area contributed by atoms with Crippen molar-refractivity contribution >= 4 is 17.1 Å². The molecular weight excluding hydrogens is 831 g/mol. The van der Waals surface area contributed by atoms with Crippen molar-refractivity contribution < 1.29 is 0 Å². The SMILES string of the molecule is CC1(C)c2ccccc2C2(c3ccccc3-c3ccc(N(c4ccc(-c5ccccc5-c5ccccc5)cc4)c4ccc5c(c4)C4(c6ccccc6-5)C5CC6CC(C5)CC4C6)cc32)c2ccccc21. The number of hydrogen-bond donors (Lipinski definition) is 0. The van der Waals surface area contributed by atoms with E-state index in [-0.39, 0.29) is 10.8 Å². The topological polar surface area (TPSA) is 3.24 Å². The van der Waals surface area contributed by atoms with Gasteiger partial charge in [-0.3, -0.25) is 0 Å². The van der Waals surface area contributed by atoms with E-state index in [0.717, 1.165) is 11.8 Å². The lowest BCUT2D eigenvalue weighted by molar-refractivity contribution is -0.0399. The fourth-order valence-electron chi connectivity index (χ4n) is 16.1. The van der Waals surface area contributed by atoms with Crippen LogP contribution >= 0.6 is 0 Å². The third-order valence-electron chi connectivity index (χ3n) is 18.5. The second-order valence-electron chi connectivity index (χ2n) is 22.0. The standard InChI is InChI=1S/C68H55N/c1-66(2)60-24-12-14-26-62(60)68(63-27-15-13-25-61(63)66)59-23-11-9-21-55(59)57-35-33-51(42-65(57)68)69(49-30-28-46(29-31-49)53-19-7-6-18-52(53)45-16-4-3-5-17-45)50-32-34-56-54-20-8-10-22-58(54)67(64(56)41-50)47-37-43-36-44(39-47)40-48(67)38-43/h3-35,41-44,47-48H,36-40H2,1-2H3. The van der Waals surface area contributed by atoms with Gasteiger partial charge in [-0.15, -0.1) is 0 Å². The zero-order chi connectivity index (χ0) is 45.6. The lowest BCUT2D eigenvalue weighted by Crippen LogP contribution is -2.55. The summed E-state index contributed by atoms with van der Waals surface area (Å²) >= 11 is 0. The number of hydrogen-bond acceptors (Lipinski definition) is 1. The Hall–Kier alpha value is -7.22. The largest absolute Gasteiger partial charge is 0.310 e. The van der Waals surface area contributed by atoms with Gasteiger partial charge in [-0.05, 0) is 181 Å². The maximum Gasteiger partial charge on any atom is 0.0720 e. The zero-order valence-corrected chi connectivity index (χ0v) is 39.5. The molecule has 0 amide bonds. The van der Waals surface area contributed by atoms with Crippen molar-refractivity contribution in [1.29, 1.82) is 0 Å². The van der Waals surface area contributed by atoms with Crippen LogP contribution < -0.4 is 4.90 Å². The molecule has 1 heteroatoms. The van der Waals surface area contributed by atoms with Gasteiger partial charge in [0.15, 0.2) is 0 Å². The second kappa shape index (κ2) is 14.4. The van der Waals surface area contributed by atoms with Crippen molar-refractivity contribution in [2.45, 2.75) is 62.2 Å². The van der Waals surface area contributed by atoms with Crippen LogP contribution in [0.25, 0.3) is 44.5 Å². The first-order valence-electron chi connectivity index (χ1n) is 25.7. The average molecular weight is 886 g/mol. The lowest BCUT2D eigenvalue weighted by atomic mass is 9.43. The first kappa shape index (κ1) is 39.7. The van der Waals surface area contributed by atoms with E-state index in [2.05, 4.69) is 231 Å². The molecule has 0 saturated heterocycles. The minimum absolute atomic E-state index is 0.0675. The predicted molar refractivity (Wildman–Crippen MR) is 285 cm³/mol. The van der Waals surface area contributed by atoms with Crippen molar-refractivity contribution in [2.75, 3.05) is 4.90 Å². The molecule has 0 aromatic heterocycles. The van der Waals surface area contributed by atoms with Gasteiger partial charge in [0.25, 0.3) is 0 Å². The molecule has 0 radical (unpaired) electrons. The molecule has 1 nitrogen and oxygen atoms in total. The predicted octanol–water partition coefficient (Wildman–Crippen LogP) is 17.2. The van der Waals surface area contributed by atoms with Gasteiger partial charge in [-0.1, -0.05) is 190 Å². The Bertz CT molecular complexity index is 3480. The van der Waals surface area contributed by atoms with Crippen molar-refractivity contribution in [3.63, 3.8) is 0 Å². The molecule has 9 aromatic rings. The van der Waals surface area contributed by atoms with E-state index in [1.54, 1.807) is 11.1 Å². The average Bonchev–Trinajstić information content (AvgIpc) is 3.85. The van der Waals surface area contributed by atoms with Gasteiger partial charge in [0.1, 0.15) is 0 Å². The molecule has 0 unspecified atom stereocenters. The van der Waals surface area contributed by atoms with Gasteiger partial charge < -0.3 is 4.90 Å². The first-order chi connectivity index (χ1) is 33.9. The summed E-state index contributed by atoms with van der Waals surface area (Å²) in [6.45, 7) is 4.84. The van der Waals surface area contributed by atoms with Crippen LogP contribution in [-0.4, -0.2) is 0 Å². The van der Waals surface area contributed by atoms with E-state index in [9.17, 15) is 0 Å². The summed E-state index contributed by atoms with van der Waals surface area (Å²) < 4.78 is 0. The Balaban J connectivity index is 0.964. The molecular formula is C68H55N. The third kappa shape index (κ3) is 5.26. The van der Waals surface area contributed by atoms with Crippen LogP contribution in [0.5, 0.6) is 0 Å². The maximum absolute atomic E-state index is 2.67. The Labute approximate surface area is 407 Å². The summed E-state index contributed by atoms with van der Waals surface area (Å²) in [6, 6.07) is 81.7. The van der Waals surface area contributed by atoms with E-state index in [0.29, 0.717) is 11.8 Å². The molecule has 0 atom stereocenters. The minimum Gasteiger partial charge on any atom is -0.310 e. The van der Waals surface area contributed by atoms with Gasteiger partial charge >= 0.3 is 0 Å². The number of benzene rings is 9. The molecule has 332 valence electrons. The number of anilines is 3. The molecule has 4 saturated carbocycles. The molecule has 9 aromatic carbocycles. The highest BCUT2D eigenvalue weighted by molar-refractivity contribution is 5.93. The Kier molecular flexibility index (Phi) is 8.30. The van der Waals surface area contributed by atoms with Gasteiger partial charge in [0, 0.05) is 27.9 Å². The van der Waals surface area contributed by atoms with E-state index < -0.39 is 5.41 Å². The fourth-order valence-corrected chi connectivity index (χ4v) is 16.1. The summed E-state index contributed by atoms with van der Waals surface area (Å²) in [5, 5.41) is 0. The second-order valence-corrected chi connectivity index (χ2v) is 22.0. The van der Waals surface area contributed by atoms with Crippen LogP contribution in [0.3, 0.4) is 0 Å². The van der Waals surface area contributed by atoms with Crippen molar-refractivity contribution in [1.82, 2.24) is 0 Å². The summed E-state index contributed by atoms with van der Waals surface area (Å²) in [6.07, 6.45) is 6.93. The summed E-state index contributed by atoms with van der Waals surface area (Å²) in [4.78, 5) is 2.60. The molecule has 0 aliphatic heterocycles. The maximum atomic E-state index is 2.67. The highest BCUT2D eigenvalue weighted by atomic mass is 15.1. The molecule has 69 heavy (non-hydrogen) atoms. The molecule has 7 aliphatic carbocycles. The number of fused-ring (bicyclic) bond motifs is 12. The van der Waals surface area contributed by atoms with Crippen LogP contribution in [0.2, 0.25) is 0 Å². The molecule has 4 bridgehead atoms. The monoisotopic (exact) mass is 885 g/mol. The van der Waals surface area contributed by atoms with Crippen LogP contribution in [0.4, 0.5) is 17.1 Å². The molecule has 2 spiro atoms. The molecule has 16 rings (SSSR count). The summed E-state index contributed by atoms with van der Waals surface area (Å²) in [7, 11) is 0. The normalized spacial score (nSPS) is 22.9. The van der Waals surface area contributed by atoms with Gasteiger partial charge in [0.2, 0.25) is 0 Å². The Morgan fingerprint density at radius 3 is 1.30 bits per heavy atom. The van der Waals surface area contributed by atoms with Gasteiger partial charge in [-0.2, -0.15) is 0 Å². The third-order valence-corrected chi connectivity index (χ3v) is 18.5. The summed E-state index contributed by atoms with van der Waals surface area (Å²) in [5.41, 5.74) is 25.1. The van der Waals surface area contributed by atoms with Gasteiger partial charge in [0.05, 0.1) is 5.41 Å². The van der Waals surface area contributed by atoms with Gasteiger partial charge in [-0.25, -0.2) is 0 Å². The highest BCUT2D eigenvalue weighted by Crippen LogP contribution is 2.70. The van der Waals surface area contributed by atoms with Crippen molar-refractivity contribution in [2.24, 2.45) is 23.7 Å². The quantitative estimate of drug-likeness (QED) is 0.166. The van der Waals surface area contributed by atoms with Crippen LogP contribution in [0.1, 0.15) is 90.5 Å². The van der Waals surface area contributed by atoms with E-state index in [1.807, 2.05) is 0 Å². The molecule has 4 fully saturated rings. The van der Waals surface area contributed by atoms with E-state index in [1.165, 1.54) is 127 Å². The van der Waals surface area contributed by atoms with Crippen molar-refractivity contribution in [3.05, 3.63) is 257 Å². The first-order valence-corrected chi connectivity index (χ1v) is 25.7. The highest BCUT2D eigenvalue weighted by Gasteiger charge is 2.62. The molecule has 7 aliphatic rings. The fraction of sp³-hybridized carbons (Fsp3) is 0.206. The van der Waals surface area contributed by atoms with Crippen molar-refractivity contribution in [3.8, 4) is 44.5 Å². The summed E-state index contributed by atoms with van der Waals surface area (Å²) in [5.74, 6) is 3.17. The zero-order valence-electron chi connectivity index (χ0n) is 39.5. The number of rotatable bonds is 5. The lowest BCUT2D eigenvalue weighted by Gasteiger charge is -2.61.